The molecule has 0 aromatic heterocycles. The summed E-state index contributed by atoms with van der Waals surface area (Å²) < 4.78 is 0. The van der Waals surface area contributed by atoms with Crippen molar-refractivity contribution in [1.29, 1.82) is 0 Å². The van der Waals surface area contributed by atoms with Gasteiger partial charge in [-0.2, -0.15) is 0 Å². The first-order chi connectivity index (χ1) is 16.3. The van der Waals surface area contributed by atoms with Gasteiger partial charge in [-0.05, 0) is 119 Å². The standard InChI is InChI=1S/C33H55N/c1-9-29(14-12-10-11-13-15-30(24(2)3)18-19-34-8)22-32-23-33-21-27(6)26(5)20-31(33)17-16-25(4)28(32)7/h20-21,25,29-30,32,34H,2,7,9-19,22-23H2,1,3-6,8H3. The van der Waals surface area contributed by atoms with Gasteiger partial charge in [0.2, 0.25) is 0 Å². The molecule has 0 bridgehead atoms. The highest BCUT2D eigenvalue weighted by molar-refractivity contribution is 5.39. The van der Waals surface area contributed by atoms with Crippen LogP contribution < -0.4 is 5.32 Å². The molecule has 1 N–H and O–H groups in total. The second-order valence-electron chi connectivity index (χ2n) is 11.6. The SMILES string of the molecule is C=C(C)C(CCCCCCC(CC)CC1Cc2cc(C)c(C)cc2CCC(C)C1=C)CCNC. The molecule has 0 spiro atoms. The number of hydrogen-bond acceptors (Lipinski definition) is 1. The molecule has 0 aliphatic heterocycles. The Bertz CT molecular complexity index is 773. The van der Waals surface area contributed by atoms with E-state index in [-0.39, 0.29) is 0 Å². The normalized spacial score (nSPS) is 20.4. The Morgan fingerprint density at radius 1 is 1.03 bits per heavy atom. The third kappa shape index (κ3) is 9.03. The summed E-state index contributed by atoms with van der Waals surface area (Å²) in [5.41, 5.74) is 8.98. The zero-order chi connectivity index (χ0) is 25.1. The van der Waals surface area contributed by atoms with Gasteiger partial charge in [0.05, 0.1) is 0 Å². The second-order valence-corrected chi connectivity index (χ2v) is 11.6. The smallest absolute Gasteiger partial charge is 0.00462 e. The van der Waals surface area contributed by atoms with Gasteiger partial charge in [0.25, 0.3) is 0 Å². The van der Waals surface area contributed by atoms with Gasteiger partial charge in [0.15, 0.2) is 0 Å². The molecule has 1 heteroatoms. The highest BCUT2D eigenvalue weighted by Crippen LogP contribution is 2.37. The third-order valence-corrected chi connectivity index (χ3v) is 8.84. The van der Waals surface area contributed by atoms with Crippen LogP contribution in [0.15, 0.2) is 36.4 Å². The Morgan fingerprint density at radius 3 is 2.29 bits per heavy atom. The van der Waals surface area contributed by atoms with Crippen molar-refractivity contribution in [2.75, 3.05) is 13.6 Å². The minimum atomic E-state index is 0.640. The summed E-state index contributed by atoms with van der Waals surface area (Å²) in [5.74, 6) is 2.81. The van der Waals surface area contributed by atoms with Crippen LogP contribution in [0.25, 0.3) is 0 Å². The summed E-state index contributed by atoms with van der Waals surface area (Å²) in [6.45, 7) is 21.5. The molecular weight excluding hydrogens is 410 g/mol. The summed E-state index contributed by atoms with van der Waals surface area (Å²) >= 11 is 0. The van der Waals surface area contributed by atoms with Gasteiger partial charge in [0, 0.05) is 0 Å². The first-order valence-corrected chi connectivity index (χ1v) is 14.3. The topological polar surface area (TPSA) is 12.0 Å². The monoisotopic (exact) mass is 465 g/mol. The lowest BCUT2D eigenvalue weighted by atomic mass is 9.74. The predicted molar refractivity (Wildman–Crippen MR) is 153 cm³/mol. The van der Waals surface area contributed by atoms with Gasteiger partial charge >= 0.3 is 0 Å². The van der Waals surface area contributed by atoms with Gasteiger partial charge in [-0.15, -0.1) is 0 Å². The molecule has 0 radical (unpaired) electrons. The van der Waals surface area contributed by atoms with E-state index >= 15 is 0 Å². The largest absolute Gasteiger partial charge is 0.320 e. The molecule has 34 heavy (non-hydrogen) atoms. The number of nitrogens with one attached hydrogen (secondary N) is 1. The third-order valence-electron chi connectivity index (χ3n) is 8.84. The number of allylic oxidation sites excluding steroid dienone is 2. The average Bonchev–Trinajstić information content (AvgIpc) is 2.81. The molecule has 4 unspecified atom stereocenters. The lowest BCUT2D eigenvalue weighted by molar-refractivity contribution is 0.337. The van der Waals surface area contributed by atoms with Crippen LogP contribution in [0.3, 0.4) is 0 Å². The van der Waals surface area contributed by atoms with Crippen molar-refractivity contribution in [3.8, 4) is 0 Å². The summed E-state index contributed by atoms with van der Waals surface area (Å²) in [6.07, 6.45) is 15.7. The number of fused-ring (bicyclic) bond motifs is 1. The van der Waals surface area contributed by atoms with Gasteiger partial charge in [-0.25, -0.2) is 0 Å². The molecule has 0 saturated heterocycles. The van der Waals surface area contributed by atoms with Crippen LogP contribution in [-0.2, 0) is 12.8 Å². The zero-order valence-electron chi connectivity index (χ0n) is 23.6. The highest BCUT2D eigenvalue weighted by atomic mass is 14.8. The first kappa shape index (κ1) is 28.9. The second kappa shape index (κ2) is 14.9. The van der Waals surface area contributed by atoms with E-state index in [0.717, 1.165) is 12.5 Å². The Labute approximate surface area is 212 Å². The molecule has 4 atom stereocenters. The van der Waals surface area contributed by atoms with Gasteiger partial charge in [0.1, 0.15) is 0 Å². The van der Waals surface area contributed by atoms with Crippen LogP contribution in [-0.4, -0.2) is 13.6 Å². The van der Waals surface area contributed by atoms with Gasteiger partial charge in [-0.1, -0.05) is 88.8 Å². The van der Waals surface area contributed by atoms with Crippen molar-refractivity contribution < 1.29 is 0 Å². The molecule has 1 aromatic carbocycles. The summed E-state index contributed by atoms with van der Waals surface area (Å²) in [6, 6.07) is 4.95. The van der Waals surface area contributed by atoms with Crippen LogP contribution in [0.1, 0.15) is 107 Å². The number of rotatable bonds is 14. The molecular formula is C33H55N. The molecule has 1 aliphatic rings. The molecule has 0 amide bonds. The summed E-state index contributed by atoms with van der Waals surface area (Å²) in [4.78, 5) is 0. The fourth-order valence-corrected chi connectivity index (χ4v) is 5.97. The Hall–Kier alpha value is -1.34. The number of aryl methyl sites for hydroxylation is 3. The molecule has 2 rings (SSSR count). The van der Waals surface area contributed by atoms with E-state index in [1.165, 1.54) is 99.3 Å². The van der Waals surface area contributed by atoms with Crippen LogP contribution in [0.5, 0.6) is 0 Å². The van der Waals surface area contributed by atoms with Gasteiger partial charge < -0.3 is 5.32 Å². The van der Waals surface area contributed by atoms with Crippen LogP contribution in [0.2, 0.25) is 0 Å². The van der Waals surface area contributed by atoms with Crippen LogP contribution >= 0.6 is 0 Å². The van der Waals surface area contributed by atoms with E-state index in [1.807, 2.05) is 7.05 Å². The maximum absolute atomic E-state index is 4.64. The quantitative estimate of drug-likeness (QED) is 0.213. The van der Waals surface area contributed by atoms with E-state index in [4.69, 9.17) is 0 Å². The number of unbranched alkanes of at least 4 members (excludes halogenated alkanes) is 3. The van der Waals surface area contributed by atoms with E-state index in [1.54, 1.807) is 11.1 Å². The molecule has 192 valence electrons. The van der Waals surface area contributed by atoms with Crippen molar-refractivity contribution in [3.63, 3.8) is 0 Å². The molecule has 0 fully saturated rings. The molecule has 0 saturated carbocycles. The highest BCUT2D eigenvalue weighted by Gasteiger charge is 2.25. The zero-order valence-corrected chi connectivity index (χ0v) is 23.6. The number of benzene rings is 1. The van der Waals surface area contributed by atoms with Crippen molar-refractivity contribution >= 4 is 0 Å². The summed E-state index contributed by atoms with van der Waals surface area (Å²) in [7, 11) is 2.05. The lowest BCUT2D eigenvalue weighted by Gasteiger charge is -2.31. The van der Waals surface area contributed by atoms with E-state index < -0.39 is 0 Å². The fraction of sp³-hybridized carbons (Fsp3) is 0.697. The average molecular weight is 466 g/mol. The Balaban J connectivity index is 1.86. The maximum Gasteiger partial charge on any atom is -0.00462 e. The lowest BCUT2D eigenvalue weighted by Crippen LogP contribution is -2.21. The first-order valence-electron chi connectivity index (χ1n) is 14.3. The molecule has 1 aliphatic carbocycles. The van der Waals surface area contributed by atoms with E-state index in [9.17, 15) is 0 Å². The minimum Gasteiger partial charge on any atom is -0.320 e. The van der Waals surface area contributed by atoms with Gasteiger partial charge in [-0.3, -0.25) is 0 Å². The van der Waals surface area contributed by atoms with Crippen LogP contribution in [0, 0.1) is 37.5 Å². The van der Waals surface area contributed by atoms with Crippen molar-refractivity contribution in [1.82, 2.24) is 5.32 Å². The van der Waals surface area contributed by atoms with Crippen molar-refractivity contribution in [2.24, 2.45) is 23.7 Å². The van der Waals surface area contributed by atoms with Crippen LogP contribution in [0.4, 0.5) is 0 Å². The van der Waals surface area contributed by atoms with E-state index in [2.05, 4.69) is 65.2 Å². The fourth-order valence-electron chi connectivity index (χ4n) is 5.97. The molecule has 1 nitrogen and oxygen atoms in total. The predicted octanol–water partition coefficient (Wildman–Crippen LogP) is 9.16. The minimum absolute atomic E-state index is 0.640. The van der Waals surface area contributed by atoms with Crippen molar-refractivity contribution in [3.05, 3.63) is 58.7 Å². The van der Waals surface area contributed by atoms with E-state index in [0.29, 0.717) is 17.8 Å². The maximum atomic E-state index is 4.64. The molecule has 1 aromatic rings. The Kier molecular flexibility index (Phi) is 12.7. The summed E-state index contributed by atoms with van der Waals surface area (Å²) in [5, 5.41) is 3.29. The Morgan fingerprint density at radius 2 is 1.68 bits per heavy atom. The van der Waals surface area contributed by atoms with Crippen molar-refractivity contribution in [2.45, 2.75) is 112 Å². The molecule has 0 heterocycles. The number of hydrogen-bond donors (Lipinski definition) is 1.